The highest BCUT2D eigenvalue weighted by Crippen LogP contribution is 2.23. The minimum atomic E-state index is 0.325. The van der Waals surface area contributed by atoms with Gasteiger partial charge in [-0.1, -0.05) is 51.1 Å². The highest BCUT2D eigenvalue weighted by atomic mass is 35.5. The standard InChI is InChI=1S/C13H23ClN4/c1-10(2)7-5-3-4-6-8-16-13-11(14)12(15)17-9-18-13/h9-10H,3-8H2,1-2H3,(H3,15,16,17,18). The fourth-order valence-corrected chi connectivity index (χ4v) is 1.91. The van der Waals surface area contributed by atoms with Crippen molar-refractivity contribution < 1.29 is 0 Å². The second-order valence-electron chi connectivity index (χ2n) is 4.95. The molecule has 0 saturated carbocycles. The lowest BCUT2D eigenvalue weighted by molar-refractivity contribution is 0.523. The number of hydrogen-bond donors (Lipinski definition) is 2. The third kappa shape index (κ3) is 5.54. The van der Waals surface area contributed by atoms with Crippen LogP contribution in [0.1, 0.15) is 46.0 Å². The lowest BCUT2D eigenvalue weighted by Gasteiger charge is -2.08. The Morgan fingerprint density at radius 1 is 1.22 bits per heavy atom. The number of nitrogen functional groups attached to an aromatic ring is 1. The van der Waals surface area contributed by atoms with Crippen LogP contribution in [0.25, 0.3) is 0 Å². The molecule has 5 heteroatoms. The molecule has 0 spiro atoms. The lowest BCUT2D eigenvalue weighted by Crippen LogP contribution is -2.06. The van der Waals surface area contributed by atoms with E-state index in [0.29, 0.717) is 16.7 Å². The molecule has 0 unspecified atom stereocenters. The van der Waals surface area contributed by atoms with Crippen molar-refractivity contribution >= 4 is 23.2 Å². The van der Waals surface area contributed by atoms with E-state index >= 15 is 0 Å². The summed E-state index contributed by atoms with van der Waals surface area (Å²) in [5, 5.41) is 3.60. The van der Waals surface area contributed by atoms with Gasteiger partial charge in [0.2, 0.25) is 0 Å². The van der Waals surface area contributed by atoms with E-state index in [2.05, 4.69) is 29.1 Å². The number of hydrogen-bond acceptors (Lipinski definition) is 4. The third-order valence-electron chi connectivity index (χ3n) is 2.82. The Labute approximate surface area is 114 Å². The zero-order valence-electron chi connectivity index (χ0n) is 11.2. The maximum absolute atomic E-state index is 5.98. The van der Waals surface area contributed by atoms with Crippen LogP contribution in [-0.2, 0) is 0 Å². The molecule has 0 radical (unpaired) electrons. The summed E-state index contributed by atoms with van der Waals surface area (Å²) in [4.78, 5) is 7.88. The summed E-state index contributed by atoms with van der Waals surface area (Å²) < 4.78 is 0. The quantitative estimate of drug-likeness (QED) is 0.707. The number of anilines is 2. The molecule has 0 bridgehead atoms. The number of nitrogens with one attached hydrogen (secondary N) is 1. The van der Waals surface area contributed by atoms with E-state index in [0.717, 1.165) is 18.9 Å². The summed E-state index contributed by atoms with van der Waals surface area (Å²) in [6.07, 6.45) is 7.71. The second kappa shape index (κ2) is 8.14. The van der Waals surface area contributed by atoms with Gasteiger partial charge in [0, 0.05) is 6.54 Å². The molecule has 4 nitrogen and oxygen atoms in total. The van der Waals surface area contributed by atoms with Gasteiger partial charge < -0.3 is 11.1 Å². The van der Waals surface area contributed by atoms with Crippen molar-refractivity contribution in [1.29, 1.82) is 0 Å². The molecule has 1 rings (SSSR count). The van der Waals surface area contributed by atoms with Crippen molar-refractivity contribution in [2.75, 3.05) is 17.6 Å². The molecule has 18 heavy (non-hydrogen) atoms. The van der Waals surface area contributed by atoms with E-state index in [9.17, 15) is 0 Å². The van der Waals surface area contributed by atoms with Crippen molar-refractivity contribution in [2.24, 2.45) is 5.92 Å². The molecular formula is C13H23ClN4. The van der Waals surface area contributed by atoms with E-state index in [1.54, 1.807) is 0 Å². The number of rotatable bonds is 8. The molecule has 102 valence electrons. The van der Waals surface area contributed by atoms with Crippen molar-refractivity contribution in [3.8, 4) is 0 Å². The van der Waals surface area contributed by atoms with E-state index in [4.69, 9.17) is 17.3 Å². The van der Waals surface area contributed by atoms with Gasteiger partial charge in [0.05, 0.1) is 0 Å². The molecular weight excluding hydrogens is 248 g/mol. The topological polar surface area (TPSA) is 63.8 Å². The molecule has 3 N–H and O–H groups in total. The Balaban J connectivity index is 2.13. The number of unbranched alkanes of at least 4 members (excludes halogenated alkanes) is 3. The van der Waals surface area contributed by atoms with Crippen molar-refractivity contribution in [1.82, 2.24) is 9.97 Å². The molecule has 1 aromatic rings. The SMILES string of the molecule is CC(C)CCCCCCNc1ncnc(N)c1Cl. The number of nitrogens with zero attached hydrogens (tertiary/aromatic N) is 2. The van der Waals surface area contributed by atoms with Gasteiger partial charge in [0.1, 0.15) is 23.0 Å². The zero-order chi connectivity index (χ0) is 13.4. The summed E-state index contributed by atoms with van der Waals surface area (Å²) >= 11 is 5.98. The van der Waals surface area contributed by atoms with Crippen LogP contribution in [-0.4, -0.2) is 16.5 Å². The van der Waals surface area contributed by atoms with Crippen LogP contribution in [0.2, 0.25) is 5.02 Å². The van der Waals surface area contributed by atoms with Gasteiger partial charge in [-0.25, -0.2) is 9.97 Å². The summed E-state index contributed by atoms with van der Waals surface area (Å²) in [5.41, 5.74) is 5.60. The number of aromatic nitrogens is 2. The molecule has 0 aliphatic heterocycles. The summed E-state index contributed by atoms with van der Waals surface area (Å²) in [5.74, 6) is 1.77. The van der Waals surface area contributed by atoms with Crippen LogP contribution in [0.4, 0.5) is 11.6 Å². The molecule has 1 heterocycles. The third-order valence-corrected chi connectivity index (χ3v) is 3.19. The normalized spacial score (nSPS) is 10.9. The summed E-state index contributed by atoms with van der Waals surface area (Å²) in [6.45, 7) is 5.41. The van der Waals surface area contributed by atoms with Crippen molar-refractivity contribution in [3.05, 3.63) is 11.3 Å². The maximum atomic E-state index is 5.98. The Morgan fingerprint density at radius 3 is 2.67 bits per heavy atom. The first-order valence-electron chi connectivity index (χ1n) is 6.61. The van der Waals surface area contributed by atoms with Gasteiger partial charge in [-0.05, 0) is 12.3 Å². The first kappa shape index (κ1) is 15.0. The Morgan fingerprint density at radius 2 is 1.94 bits per heavy atom. The Kier molecular flexibility index (Phi) is 6.80. The van der Waals surface area contributed by atoms with Crippen LogP contribution >= 0.6 is 11.6 Å². The maximum Gasteiger partial charge on any atom is 0.150 e. The number of nitrogens with two attached hydrogens (primary N) is 1. The van der Waals surface area contributed by atoms with Gasteiger partial charge in [-0.15, -0.1) is 0 Å². The predicted octanol–water partition coefficient (Wildman–Crippen LogP) is 3.73. The van der Waals surface area contributed by atoms with Gasteiger partial charge in [0.15, 0.2) is 0 Å². The van der Waals surface area contributed by atoms with Gasteiger partial charge in [-0.2, -0.15) is 0 Å². The minimum absolute atomic E-state index is 0.325. The van der Waals surface area contributed by atoms with Crippen LogP contribution in [0.15, 0.2) is 6.33 Å². The second-order valence-corrected chi connectivity index (χ2v) is 5.32. The highest BCUT2D eigenvalue weighted by molar-refractivity contribution is 6.35. The molecule has 0 amide bonds. The summed E-state index contributed by atoms with van der Waals surface area (Å²) in [7, 11) is 0. The van der Waals surface area contributed by atoms with Crippen LogP contribution in [0.3, 0.4) is 0 Å². The average Bonchev–Trinajstić information content (AvgIpc) is 2.32. The van der Waals surface area contributed by atoms with Crippen LogP contribution in [0, 0.1) is 5.92 Å². The molecule has 0 aromatic carbocycles. The first-order valence-corrected chi connectivity index (χ1v) is 6.99. The van der Waals surface area contributed by atoms with E-state index in [1.807, 2.05) is 0 Å². The van der Waals surface area contributed by atoms with E-state index in [-0.39, 0.29) is 0 Å². The fourth-order valence-electron chi connectivity index (χ4n) is 1.74. The fraction of sp³-hybridized carbons (Fsp3) is 0.692. The molecule has 0 saturated heterocycles. The minimum Gasteiger partial charge on any atom is -0.382 e. The molecule has 0 aliphatic rings. The smallest absolute Gasteiger partial charge is 0.150 e. The molecule has 0 fully saturated rings. The lowest BCUT2D eigenvalue weighted by atomic mass is 10.0. The van der Waals surface area contributed by atoms with Gasteiger partial charge in [0.25, 0.3) is 0 Å². The predicted molar refractivity (Wildman–Crippen MR) is 77.9 cm³/mol. The monoisotopic (exact) mass is 270 g/mol. The van der Waals surface area contributed by atoms with Crippen molar-refractivity contribution in [3.63, 3.8) is 0 Å². The average molecular weight is 271 g/mol. The zero-order valence-corrected chi connectivity index (χ0v) is 12.0. The molecule has 1 aromatic heterocycles. The Hall–Kier alpha value is -1.03. The Bertz CT molecular complexity index is 355. The van der Waals surface area contributed by atoms with Crippen LogP contribution in [0.5, 0.6) is 0 Å². The number of halogens is 1. The van der Waals surface area contributed by atoms with Gasteiger partial charge in [-0.3, -0.25) is 0 Å². The highest BCUT2D eigenvalue weighted by Gasteiger charge is 2.04. The van der Waals surface area contributed by atoms with E-state index in [1.165, 1.54) is 32.0 Å². The molecule has 0 aliphatic carbocycles. The largest absolute Gasteiger partial charge is 0.382 e. The van der Waals surface area contributed by atoms with Gasteiger partial charge >= 0.3 is 0 Å². The van der Waals surface area contributed by atoms with Crippen molar-refractivity contribution in [2.45, 2.75) is 46.0 Å². The first-order chi connectivity index (χ1) is 8.61. The molecule has 0 atom stereocenters. The van der Waals surface area contributed by atoms with E-state index < -0.39 is 0 Å². The summed E-state index contributed by atoms with van der Waals surface area (Å²) in [6, 6.07) is 0. The van der Waals surface area contributed by atoms with Crippen LogP contribution < -0.4 is 11.1 Å².